The molecule has 0 saturated heterocycles. The summed E-state index contributed by atoms with van der Waals surface area (Å²) < 4.78 is 0. The summed E-state index contributed by atoms with van der Waals surface area (Å²) in [6.45, 7) is 1.82. The second kappa shape index (κ2) is 9.40. The van der Waals surface area contributed by atoms with E-state index in [1.54, 1.807) is 24.3 Å². The molecule has 1 aromatic rings. The second-order valence-corrected chi connectivity index (χ2v) is 5.45. The lowest BCUT2D eigenvalue weighted by atomic mass is 10.1. The number of carbonyl (C=O) groups is 2. The fourth-order valence-corrected chi connectivity index (χ4v) is 2.22. The van der Waals surface area contributed by atoms with Gasteiger partial charge in [-0.1, -0.05) is 44.2 Å². The van der Waals surface area contributed by atoms with E-state index in [1.807, 2.05) is 0 Å². The number of hydrogen-bond donors (Lipinski definition) is 1. The summed E-state index contributed by atoms with van der Waals surface area (Å²) >= 11 is 5.81. The number of nitrogens with zero attached hydrogens (tertiary/aromatic N) is 1. The zero-order valence-electron chi connectivity index (χ0n) is 12.3. The van der Waals surface area contributed by atoms with Gasteiger partial charge < -0.3 is 10.0 Å². The van der Waals surface area contributed by atoms with Crippen molar-refractivity contribution in [3.05, 3.63) is 29.3 Å². The molecule has 116 valence electrons. The molecule has 1 amide bonds. The molecule has 0 atom stereocenters. The van der Waals surface area contributed by atoms with Gasteiger partial charge in [0, 0.05) is 17.1 Å². The van der Waals surface area contributed by atoms with Crippen molar-refractivity contribution in [2.24, 2.45) is 0 Å². The summed E-state index contributed by atoms with van der Waals surface area (Å²) in [5, 5.41) is 9.53. The molecule has 0 unspecified atom stereocenters. The topological polar surface area (TPSA) is 57.6 Å². The van der Waals surface area contributed by atoms with Gasteiger partial charge >= 0.3 is 5.97 Å². The highest BCUT2D eigenvalue weighted by atomic mass is 35.5. The minimum atomic E-state index is -1.02. The van der Waals surface area contributed by atoms with Crippen molar-refractivity contribution in [3.63, 3.8) is 0 Å². The van der Waals surface area contributed by atoms with Gasteiger partial charge in [-0.2, -0.15) is 0 Å². The number of benzene rings is 1. The standard InChI is InChI=1S/C16H22ClNO3/c1-2-3-4-5-6-7-15(19)18(12-16(20)21)14-10-8-13(17)9-11-14/h8-11H,2-7,12H2,1H3,(H,20,21). The zero-order valence-corrected chi connectivity index (χ0v) is 13.1. The molecule has 0 bridgehead atoms. The van der Waals surface area contributed by atoms with Crippen molar-refractivity contribution in [2.75, 3.05) is 11.4 Å². The molecule has 0 aliphatic carbocycles. The molecule has 0 aliphatic heterocycles. The van der Waals surface area contributed by atoms with Gasteiger partial charge in [-0.05, 0) is 30.7 Å². The summed E-state index contributed by atoms with van der Waals surface area (Å²) in [4.78, 5) is 24.5. The highest BCUT2D eigenvalue weighted by molar-refractivity contribution is 6.30. The van der Waals surface area contributed by atoms with Crippen molar-refractivity contribution < 1.29 is 14.7 Å². The average Bonchev–Trinajstić information content (AvgIpc) is 2.45. The Hall–Kier alpha value is -1.55. The van der Waals surface area contributed by atoms with Gasteiger partial charge in [0.05, 0.1) is 0 Å². The predicted molar refractivity (Wildman–Crippen MR) is 84.8 cm³/mol. The van der Waals surface area contributed by atoms with Crippen LogP contribution in [0.25, 0.3) is 0 Å². The molecule has 0 spiro atoms. The highest BCUT2D eigenvalue weighted by Gasteiger charge is 2.18. The molecule has 1 rings (SSSR count). The van der Waals surface area contributed by atoms with E-state index in [2.05, 4.69) is 6.92 Å². The lowest BCUT2D eigenvalue weighted by Crippen LogP contribution is -2.35. The Bertz CT molecular complexity index is 459. The van der Waals surface area contributed by atoms with Gasteiger partial charge in [-0.15, -0.1) is 0 Å². The molecule has 5 heteroatoms. The van der Waals surface area contributed by atoms with Crippen LogP contribution in [-0.2, 0) is 9.59 Å². The summed E-state index contributed by atoms with van der Waals surface area (Å²) in [6.07, 6.45) is 5.61. The Labute approximate surface area is 130 Å². The Kier molecular flexibility index (Phi) is 7.83. The molecule has 4 nitrogen and oxygen atoms in total. The van der Waals surface area contributed by atoms with Crippen LogP contribution in [-0.4, -0.2) is 23.5 Å². The molecule has 0 heterocycles. The van der Waals surface area contributed by atoms with Crippen molar-refractivity contribution in [2.45, 2.75) is 45.4 Å². The first kappa shape index (κ1) is 17.5. The Morgan fingerprint density at radius 2 is 1.71 bits per heavy atom. The molecule has 1 N–H and O–H groups in total. The third kappa shape index (κ3) is 6.63. The SMILES string of the molecule is CCCCCCCC(=O)N(CC(=O)O)c1ccc(Cl)cc1. The fraction of sp³-hybridized carbons (Fsp3) is 0.500. The number of aliphatic carboxylic acids is 1. The van der Waals surface area contributed by atoms with Crippen LogP contribution in [0.1, 0.15) is 45.4 Å². The molecule has 0 fully saturated rings. The lowest BCUT2D eigenvalue weighted by molar-refractivity contribution is -0.136. The van der Waals surface area contributed by atoms with Crippen molar-refractivity contribution >= 4 is 29.2 Å². The van der Waals surface area contributed by atoms with Gasteiger partial charge in [0.2, 0.25) is 5.91 Å². The van der Waals surface area contributed by atoms with Crippen LogP contribution in [0.4, 0.5) is 5.69 Å². The minimum absolute atomic E-state index is 0.156. The third-order valence-electron chi connectivity index (χ3n) is 3.23. The first-order chi connectivity index (χ1) is 10.0. The van der Waals surface area contributed by atoms with Crippen LogP contribution in [0.3, 0.4) is 0 Å². The van der Waals surface area contributed by atoms with E-state index in [9.17, 15) is 9.59 Å². The van der Waals surface area contributed by atoms with Crippen LogP contribution >= 0.6 is 11.6 Å². The van der Waals surface area contributed by atoms with Gasteiger partial charge in [0.15, 0.2) is 0 Å². The van der Waals surface area contributed by atoms with Gasteiger partial charge in [0.25, 0.3) is 0 Å². The number of carboxylic acids is 1. The third-order valence-corrected chi connectivity index (χ3v) is 3.48. The number of carbonyl (C=O) groups excluding carboxylic acids is 1. The van der Waals surface area contributed by atoms with Crippen LogP contribution in [0, 0.1) is 0 Å². The molecule has 0 aromatic heterocycles. The summed E-state index contributed by atoms with van der Waals surface area (Å²) in [7, 11) is 0. The van der Waals surface area contributed by atoms with Gasteiger partial charge in [-0.3, -0.25) is 9.59 Å². The quantitative estimate of drug-likeness (QED) is 0.698. The Morgan fingerprint density at radius 1 is 1.10 bits per heavy atom. The van der Waals surface area contributed by atoms with E-state index in [1.165, 1.54) is 11.3 Å². The van der Waals surface area contributed by atoms with E-state index in [4.69, 9.17) is 16.7 Å². The van der Waals surface area contributed by atoms with Crippen molar-refractivity contribution in [1.29, 1.82) is 0 Å². The largest absolute Gasteiger partial charge is 0.480 e. The maximum Gasteiger partial charge on any atom is 0.323 e. The van der Waals surface area contributed by atoms with E-state index < -0.39 is 5.97 Å². The number of amides is 1. The fourth-order valence-electron chi connectivity index (χ4n) is 2.09. The predicted octanol–water partition coefficient (Wildman–Crippen LogP) is 4.12. The lowest BCUT2D eigenvalue weighted by Gasteiger charge is -2.21. The van der Waals surface area contributed by atoms with E-state index in [-0.39, 0.29) is 12.5 Å². The van der Waals surface area contributed by atoms with Gasteiger partial charge in [-0.25, -0.2) is 0 Å². The molecule has 21 heavy (non-hydrogen) atoms. The number of rotatable bonds is 9. The molecule has 0 radical (unpaired) electrons. The number of hydrogen-bond acceptors (Lipinski definition) is 2. The van der Waals surface area contributed by atoms with E-state index in [0.29, 0.717) is 17.1 Å². The summed E-state index contributed by atoms with van der Waals surface area (Å²) in [5.74, 6) is -1.18. The highest BCUT2D eigenvalue weighted by Crippen LogP contribution is 2.19. The second-order valence-electron chi connectivity index (χ2n) is 5.01. The molecule has 1 aromatic carbocycles. The van der Waals surface area contributed by atoms with E-state index in [0.717, 1.165) is 25.7 Å². The monoisotopic (exact) mass is 311 g/mol. The van der Waals surface area contributed by atoms with Crippen LogP contribution in [0.5, 0.6) is 0 Å². The summed E-state index contributed by atoms with van der Waals surface area (Å²) in [5.41, 5.74) is 0.570. The maximum atomic E-state index is 12.2. The van der Waals surface area contributed by atoms with Gasteiger partial charge in [0.1, 0.15) is 6.54 Å². The molecule has 0 aliphatic rings. The molecular formula is C16H22ClNO3. The van der Waals surface area contributed by atoms with E-state index >= 15 is 0 Å². The Morgan fingerprint density at radius 3 is 2.29 bits per heavy atom. The first-order valence-electron chi connectivity index (χ1n) is 7.32. The average molecular weight is 312 g/mol. The molecular weight excluding hydrogens is 290 g/mol. The maximum absolute atomic E-state index is 12.2. The first-order valence-corrected chi connectivity index (χ1v) is 7.70. The number of halogens is 1. The number of unbranched alkanes of at least 4 members (excludes halogenated alkanes) is 4. The minimum Gasteiger partial charge on any atom is -0.480 e. The van der Waals surface area contributed by atoms with Crippen LogP contribution in [0.2, 0.25) is 5.02 Å². The number of anilines is 1. The zero-order chi connectivity index (χ0) is 15.7. The smallest absolute Gasteiger partial charge is 0.323 e. The van der Waals surface area contributed by atoms with Crippen LogP contribution in [0.15, 0.2) is 24.3 Å². The normalized spacial score (nSPS) is 10.4. The van der Waals surface area contributed by atoms with Crippen molar-refractivity contribution in [1.82, 2.24) is 0 Å². The molecule has 0 saturated carbocycles. The van der Waals surface area contributed by atoms with Crippen molar-refractivity contribution in [3.8, 4) is 0 Å². The Balaban J connectivity index is 2.62. The van der Waals surface area contributed by atoms with Crippen LogP contribution < -0.4 is 4.90 Å². The summed E-state index contributed by atoms with van der Waals surface area (Å²) in [6, 6.07) is 6.64. The number of carboxylic acid groups (broad SMARTS) is 1.